The number of rotatable bonds is 5. The van der Waals surface area contributed by atoms with Crippen molar-refractivity contribution in [2.24, 2.45) is 5.92 Å². The number of amides is 1. The summed E-state index contributed by atoms with van der Waals surface area (Å²) in [4.78, 5) is 18.3. The van der Waals surface area contributed by atoms with Gasteiger partial charge in [-0.15, -0.1) is 21.5 Å². The zero-order chi connectivity index (χ0) is 21.3. The number of hydrogen-bond donors (Lipinski definition) is 1. The molecule has 1 N–H and O–H groups in total. The van der Waals surface area contributed by atoms with Crippen LogP contribution in [0, 0.1) is 19.8 Å². The van der Waals surface area contributed by atoms with Gasteiger partial charge in [0.2, 0.25) is 0 Å². The molecule has 1 aliphatic rings. The van der Waals surface area contributed by atoms with Crippen molar-refractivity contribution in [1.82, 2.24) is 19.7 Å². The first-order valence-electron chi connectivity index (χ1n) is 10.7. The van der Waals surface area contributed by atoms with Gasteiger partial charge in [-0.2, -0.15) is 0 Å². The highest BCUT2D eigenvalue weighted by Crippen LogP contribution is 2.28. The summed E-state index contributed by atoms with van der Waals surface area (Å²) in [6.45, 7) is 9.19. The Kier molecular flexibility index (Phi) is 5.99. The molecule has 0 unspecified atom stereocenters. The van der Waals surface area contributed by atoms with E-state index in [-0.39, 0.29) is 5.91 Å². The number of carbonyl (C=O) groups is 1. The maximum atomic E-state index is 13.0. The highest BCUT2D eigenvalue weighted by atomic mass is 32.1. The Balaban J connectivity index is 1.60. The van der Waals surface area contributed by atoms with Gasteiger partial charge in [-0.3, -0.25) is 4.79 Å². The summed E-state index contributed by atoms with van der Waals surface area (Å²) >= 11 is 1.49. The molecule has 0 aliphatic carbocycles. The molecular formula is C23H29N5OS. The molecule has 0 atom stereocenters. The maximum absolute atomic E-state index is 13.0. The predicted molar refractivity (Wildman–Crippen MR) is 121 cm³/mol. The van der Waals surface area contributed by atoms with Crippen LogP contribution < -0.4 is 5.32 Å². The summed E-state index contributed by atoms with van der Waals surface area (Å²) in [5.74, 6) is 2.37. The Morgan fingerprint density at radius 3 is 2.83 bits per heavy atom. The lowest BCUT2D eigenvalue weighted by Gasteiger charge is -2.11. The Morgan fingerprint density at radius 1 is 1.20 bits per heavy atom. The fourth-order valence-electron chi connectivity index (χ4n) is 3.87. The second kappa shape index (κ2) is 8.68. The van der Waals surface area contributed by atoms with Gasteiger partial charge >= 0.3 is 0 Å². The van der Waals surface area contributed by atoms with Crippen LogP contribution in [0.5, 0.6) is 0 Å². The molecule has 7 heteroatoms. The van der Waals surface area contributed by atoms with E-state index >= 15 is 0 Å². The van der Waals surface area contributed by atoms with E-state index in [1.807, 2.05) is 26.0 Å². The topological polar surface area (TPSA) is 72.7 Å². The van der Waals surface area contributed by atoms with E-state index in [0.29, 0.717) is 10.8 Å². The van der Waals surface area contributed by atoms with Crippen LogP contribution in [-0.4, -0.2) is 25.7 Å². The molecule has 0 spiro atoms. The molecule has 1 amide bonds. The summed E-state index contributed by atoms with van der Waals surface area (Å²) in [6.07, 6.45) is 5.42. The molecule has 0 radical (unpaired) electrons. The van der Waals surface area contributed by atoms with Crippen molar-refractivity contribution in [2.75, 3.05) is 5.32 Å². The number of fused-ring (bicyclic) bond motifs is 1. The first-order chi connectivity index (χ1) is 14.4. The van der Waals surface area contributed by atoms with Crippen LogP contribution in [0.4, 0.5) is 5.69 Å². The standard InChI is InChI=1S/C23H29N5OS/c1-14(2)12-20-24-16(4)21(30-20)23(29)25-18-13-17(10-9-15(18)3)22-27-26-19-8-6-5-7-11-28(19)22/h9-10,13-14H,5-8,11-12H2,1-4H3,(H,25,29). The minimum atomic E-state index is -0.0969. The third kappa shape index (κ3) is 4.31. The quantitative estimate of drug-likeness (QED) is 0.612. The zero-order valence-electron chi connectivity index (χ0n) is 18.2. The molecule has 0 bridgehead atoms. The van der Waals surface area contributed by atoms with Gasteiger partial charge in [-0.05, 0) is 44.2 Å². The van der Waals surface area contributed by atoms with Crippen LogP contribution >= 0.6 is 11.3 Å². The lowest BCUT2D eigenvalue weighted by atomic mass is 10.1. The number of benzene rings is 1. The Morgan fingerprint density at radius 2 is 2.03 bits per heavy atom. The molecule has 2 aromatic heterocycles. The SMILES string of the molecule is Cc1ccc(-c2nnc3n2CCCCC3)cc1NC(=O)c1sc(CC(C)C)nc1C. The smallest absolute Gasteiger partial charge is 0.267 e. The van der Waals surface area contributed by atoms with Crippen molar-refractivity contribution in [3.8, 4) is 11.4 Å². The van der Waals surface area contributed by atoms with Gasteiger partial charge in [0.1, 0.15) is 10.7 Å². The molecular weight excluding hydrogens is 394 g/mol. The summed E-state index contributed by atoms with van der Waals surface area (Å²) in [6, 6.07) is 6.11. The average molecular weight is 424 g/mol. The van der Waals surface area contributed by atoms with Gasteiger partial charge in [0.05, 0.1) is 10.7 Å². The number of anilines is 1. The molecule has 0 saturated heterocycles. The predicted octanol–water partition coefficient (Wildman–Crippen LogP) is 5.20. The first kappa shape index (κ1) is 20.7. The number of aryl methyl sites for hydroxylation is 3. The molecule has 0 fully saturated rings. The average Bonchev–Trinajstić information content (AvgIpc) is 3.18. The summed E-state index contributed by atoms with van der Waals surface area (Å²) < 4.78 is 2.23. The first-order valence-corrected chi connectivity index (χ1v) is 11.5. The van der Waals surface area contributed by atoms with Gasteiger partial charge in [0.15, 0.2) is 5.82 Å². The van der Waals surface area contributed by atoms with E-state index < -0.39 is 0 Å². The van der Waals surface area contributed by atoms with Gasteiger partial charge in [-0.25, -0.2) is 4.98 Å². The van der Waals surface area contributed by atoms with Crippen LogP contribution in [0.25, 0.3) is 11.4 Å². The Labute approximate surface area is 181 Å². The molecule has 1 aliphatic heterocycles. The van der Waals surface area contributed by atoms with Crippen LogP contribution in [0.2, 0.25) is 0 Å². The van der Waals surface area contributed by atoms with E-state index in [4.69, 9.17) is 0 Å². The number of carbonyl (C=O) groups excluding carboxylic acids is 1. The second-order valence-corrected chi connectivity index (χ2v) is 9.59. The fraction of sp³-hybridized carbons (Fsp3) is 0.478. The van der Waals surface area contributed by atoms with E-state index in [9.17, 15) is 4.79 Å². The van der Waals surface area contributed by atoms with Gasteiger partial charge in [0, 0.05) is 30.6 Å². The third-order valence-corrected chi connectivity index (χ3v) is 6.66. The van der Waals surface area contributed by atoms with Crippen LogP contribution in [0.3, 0.4) is 0 Å². The molecule has 30 heavy (non-hydrogen) atoms. The maximum Gasteiger partial charge on any atom is 0.267 e. The van der Waals surface area contributed by atoms with Crippen LogP contribution in [0.15, 0.2) is 18.2 Å². The van der Waals surface area contributed by atoms with Crippen molar-refractivity contribution >= 4 is 22.9 Å². The summed E-state index contributed by atoms with van der Waals surface area (Å²) in [5, 5.41) is 13.0. The van der Waals surface area contributed by atoms with Crippen molar-refractivity contribution < 1.29 is 4.79 Å². The van der Waals surface area contributed by atoms with Gasteiger partial charge < -0.3 is 9.88 Å². The number of hydrogen-bond acceptors (Lipinski definition) is 5. The highest BCUT2D eigenvalue weighted by molar-refractivity contribution is 7.13. The molecule has 0 saturated carbocycles. The minimum Gasteiger partial charge on any atom is -0.321 e. The number of nitrogens with zero attached hydrogens (tertiary/aromatic N) is 4. The summed E-state index contributed by atoms with van der Waals surface area (Å²) in [7, 11) is 0. The lowest BCUT2D eigenvalue weighted by molar-refractivity contribution is 0.102. The largest absolute Gasteiger partial charge is 0.321 e. The molecule has 3 aromatic rings. The zero-order valence-corrected chi connectivity index (χ0v) is 19.0. The van der Waals surface area contributed by atoms with Crippen molar-refractivity contribution in [3.05, 3.63) is 45.2 Å². The molecule has 158 valence electrons. The fourth-order valence-corrected chi connectivity index (χ4v) is 5.04. The Hall–Kier alpha value is -2.54. The summed E-state index contributed by atoms with van der Waals surface area (Å²) in [5.41, 5.74) is 3.61. The van der Waals surface area contributed by atoms with Crippen LogP contribution in [0.1, 0.15) is 64.9 Å². The molecule has 1 aromatic carbocycles. The van der Waals surface area contributed by atoms with E-state index in [0.717, 1.165) is 65.0 Å². The molecule has 6 nitrogen and oxygen atoms in total. The van der Waals surface area contributed by atoms with Gasteiger partial charge in [0.25, 0.3) is 5.91 Å². The highest BCUT2D eigenvalue weighted by Gasteiger charge is 2.19. The van der Waals surface area contributed by atoms with Gasteiger partial charge in [-0.1, -0.05) is 32.4 Å². The number of aromatic nitrogens is 4. The van der Waals surface area contributed by atoms with Crippen molar-refractivity contribution in [1.29, 1.82) is 0 Å². The van der Waals surface area contributed by atoms with E-state index in [1.54, 1.807) is 0 Å². The Bertz CT molecular complexity index is 1070. The monoisotopic (exact) mass is 423 g/mol. The lowest BCUT2D eigenvalue weighted by Crippen LogP contribution is -2.12. The van der Waals surface area contributed by atoms with Crippen molar-refractivity contribution in [2.45, 2.75) is 66.3 Å². The van der Waals surface area contributed by atoms with E-state index in [1.165, 1.54) is 24.2 Å². The van der Waals surface area contributed by atoms with Crippen molar-refractivity contribution in [3.63, 3.8) is 0 Å². The number of nitrogens with one attached hydrogen (secondary N) is 1. The van der Waals surface area contributed by atoms with Crippen LogP contribution in [-0.2, 0) is 19.4 Å². The number of thiazole rings is 1. The molecule has 3 heterocycles. The third-order valence-electron chi connectivity index (χ3n) is 5.48. The molecule has 4 rings (SSSR count). The van der Waals surface area contributed by atoms with E-state index in [2.05, 4.69) is 45.0 Å². The minimum absolute atomic E-state index is 0.0969. The normalized spacial score (nSPS) is 13.9. The second-order valence-electron chi connectivity index (χ2n) is 8.51.